The summed E-state index contributed by atoms with van der Waals surface area (Å²) < 4.78 is 0. The third kappa shape index (κ3) is 4.08. The van der Waals surface area contributed by atoms with Gasteiger partial charge in [-0.15, -0.1) is 0 Å². The summed E-state index contributed by atoms with van der Waals surface area (Å²) in [5, 5.41) is 7.69. The first-order valence-corrected chi connectivity index (χ1v) is 14.3. The van der Waals surface area contributed by atoms with Gasteiger partial charge >= 0.3 is 0 Å². The molecular weight excluding hydrogens is 492 g/mol. The van der Waals surface area contributed by atoms with E-state index < -0.39 is 0 Å². The van der Waals surface area contributed by atoms with Gasteiger partial charge in [0.05, 0.1) is 0 Å². The molecule has 1 aliphatic rings. The molecule has 7 aromatic rings. The highest BCUT2D eigenvalue weighted by atomic mass is 14.2. The van der Waals surface area contributed by atoms with Gasteiger partial charge in [0.15, 0.2) is 0 Å². The van der Waals surface area contributed by atoms with Gasteiger partial charge < -0.3 is 0 Å². The Balaban J connectivity index is 1.42. The Labute approximate surface area is 240 Å². The molecule has 0 spiro atoms. The predicted molar refractivity (Wildman–Crippen MR) is 173 cm³/mol. The molecule has 0 fully saturated rings. The van der Waals surface area contributed by atoms with E-state index >= 15 is 0 Å². The molecule has 0 heteroatoms. The molecule has 192 valence electrons. The fraction of sp³-hybridized carbons (Fsp3) is 0.0244. The Morgan fingerprint density at radius 1 is 0.366 bits per heavy atom. The van der Waals surface area contributed by atoms with Crippen LogP contribution < -0.4 is 10.4 Å². The Morgan fingerprint density at radius 2 is 1.02 bits per heavy atom. The lowest BCUT2D eigenvalue weighted by Gasteiger charge is -2.14. The second-order valence-electron chi connectivity index (χ2n) is 10.9. The molecule has 0 aromatic heterocycles. The van der Waals surface area contributed by atoms with Crippen molar-refractivity contribution in [2.24, 2.45) is 0 Å². The summed E-state index contributed by atoms with van der Waals surface area (Å²) in [4.78, 5) is 0. The second-order valence-corrected chi connectivity index (χ2v) is 10.9. The van der Waals surface area contributed by atoms with E-state index in [0.717, 1.165) is 6.42 Å². The topological polar surface area (TPSA) is 0 Å². The predicted octanol–water partition coefficient (Wildman–Crippen LogP) is 8.66. The number of hydrogen-bond acceptors (Lipinski definition) is 0. The van der Waals surface area contributed by atoms with Gasteiger partial charge in [0.25, 0.3) is 0 Å². The van der Waals surface area contributed by atoms with E-state index in [1.54, 1.807) is 0 Å². The Morgan fingerprint density at radius 3 is 1.95 bits per heavy atom. The maximum Gasteiger partial charge on any atom is -0.000749 e. The van der Waals surface area contributed by atoms with Crippen molar-refractivity contribution in [3.8, 4) is 11.1 Å². The van der Waals surface area contributed by atoms with E-state index in [2.05, 4.69) is 158 Å². The first-order chi connectivity index (χ1) is 20.3. The van der Waals surface area contributed by atoms with E-state index in [1.165, 1.54) is 76.5 Å². The van der Waals surface area contributed by atoms with E-state index in [1.807, 2.05) is 0 Å². The largest absolute Gasteiger partial charge is 0.0619 e. The van der Waals surface area contributed by atoms with E-state index in [-0.39, 0.29) is 0 Å². The van der Waals surface area contributed by atoms with E-state index in [9.17, 15) is 0 Å². The molecule has 0 atom stereocenters. The second kappa shape index (κ2) is 9.77. The van der Waals surface area contributed by atoms with Crippen LogP contribution in [-0.4, -0.2) is 0 Å². The number of fused-ring (bicyclic) bond motifs is 4. The van der Waals surface area contributed by atoms with Crippen LogP contribution in [0.5, 0.6) is 0 Å². The van der Waals surface area contributed by atoms with Crippen LogP contribution in [0.2, 0.25) is 0 Å². The monoisotopic (exact) mass is 520 g/mol. The number of rotatable bonds is 3. The van der Waals surface area contributed by atoms with Crippen LogP contribution in [-0.2, 0) is 6.42 Å². The zero-order chi connectivity index (χ0) is 27.2. The molecule has 0 N–H and O–H groups in total. The maximum atomic E-state index is 2.39. The third-order valence-electron chi connectivity index (χ3n) is 8.53. The molecule has 0 saturated heterocycles. The molecule has 0 saturated carbocycles. The Hall–Kier alpha value is -5.20. The van der Waals surface area contributed by atoms with Gasteiger partial charge in [0, 0.05) is 0 Å². The third-order valence-corrected chi connectivity index (χ3v) is 8.53. The lowest BCUT2D eigenvalue weighted by Crippen LogP contribution is -2.29. The van der Waals surface area contributed by atoms with Gasteiger partial charge in [0.1, 0.15) is 0 Å². The molecule has 0 nitrogen and oxygen atoms in total. The van der Waals surface area contributed by atoms with Crippen LogP contribution in [0.4, 0.5) is 0 Å². The van der Waals surface area contributed by atoms with Crippen LogP contribution in [0.3, 0.4) is 0 Å². The molecule has 0 unspecified atom stereocenters. The minimum atomic E-state index is 0.878. The quantitative estimate of drug-likeness (QED) is 0.219. The average molecular weight is 521 g/mol. The van der Waals surface area contributed by atoms with Crippen LogP contribution in [0.1, 0.15) is 22.3 Å². The lowest BCUT2D eigenvalue weighted by atomic mass is 9.90. The normalized spacial score (nSPS) is 12.7. The molecule has 7 aromatic carbocycles. The minimum Gasteiger partial charge on any atom is -0.0619 e. The van der Waals surface area contributed by atoms with Gasteiger partial charge in [-0.25, -0.2) is 0 Å². The van der Waals surface area contributed by atoms with Gasteiger partial charge in [0.2, 0.25) is 0 Å². The minimum absolute atomic E-state index is 0.878. The Kier molecular flexibility index (Phi) is 5.64. The van der Waals surface area contributed by atoms with Crippen molar-refractivity contribution >= 4 is 32.7 Å². The summed E-state index contributed by atoms with van der Waals surface area (Å²) in [6, 6.07) is 57.9. The summed E-state index contributed by atoms with van der Waals surface area (Å²) in [5.74, 6) is 0. The van der Waals surface area contributed by atoms with Crippen molar-refractivity contribution in [2.45, 2.75) is 6.42 Å². The summed E-state index contributed by atoms with van der Waals surface area (Å²) in [6.07, 6.45) is 0.878. The van der Waals surface area contributed by atoms with Crippen molar-refractivity contribution in [3.05, 3.63) is 190 Å². The fourth-order valence-corrected chi connectivity index (χ4v) is 6.58. The standard InChI is InChI=1S/C41H28/c1-2-13-30-25-34(24-23-28(30)11-1)41-37-19-6-4-14-33(37)27-40(38-20-7-8-21-39(38)41)32-17-9-16-31(26-32)36-22-10-15-29-12-3-5-18-35(29)36/h1-26H,27H2. The van der Waals surface area contributed by atoms with Crippen molar-refractivity contribution in [1.82, 2.24) is 0 Å². The number of benzene rings is 7. The molecule has 0 bridgehead atoms. The van der Waals surface area contributed by atoms with Crippen molar-refractivity contribution in [1.29, 1.82) is 0 Å². The molecule has 8 rings (SSSR count). The maximum absolute atomic E-state index is 2.39. The molecule has 0 radical (unpaired) electrons. The first kappa shape index (κ1) is 23.7. The highest BCUT2D eigenvalue weighted by Gasteiger charge is 2.19. The summed E-state index contributed by atoms with van der Waals surface area (Å²) in [6.45, 7) is 0. The summed E-state index contributed by atoms with van der Waals surface area (Å²) in [5.41, 5.74) is 10.4. The van der Waals surface area contributed by atoms with Crippen molar-refractivity contribution in [2.75, 3.05) is 0 Å². The van der Waals surface area contributed by atoms with Gasteiger partial charge in [-0.05, 0) is 95.1 Å². The molecule has 41 heavy (non-hydrogen) atoms. The van der Waals surface area contributed by atoms with Gasteiger partial charge in [-0.3, -0.25) is 0 Å². The summed E-state index contributed by atoms with van der Waals surface area (Å²) >= 11 is 0. The highest BCUT2D eigenvalue weighted by molar-refractivity contribution is 5.97. The van der Waals surface area contributed by atoms with Crippen LogP contribution in [0, 0.1) is 0 Å². The van der Waals surface area contributed by atoms with Crippen molar-refractivity contribution < 1.29 is 0 Å². The molecular formula is C41H28. The zero-order valence-electron chi connectivity index (χ0n) is 22.7. The fourth-order valence-electron chi connectivity index (χ4n) is 6.58. The highest BCUT2D eigenvalue weighted by Crippen LogP contribution is 2.33. The van der Waals surface area contributed by atoms with E-state index in [0.29, 0.717) is 0 Å². The average Bonchev–Trinajstić information content (AvgIpc) is 3.19. The first-order valence-electron chi connectivity index (χ1n) is 14.3. The van der Waals surface area contributed by atoms with Gasteiger partial charge in [-0.2, -0.15) is 0 Å². The van der Waals surface area contributed by atoms with Crippen LogP contribution >= 0.6 is 0 Å². The zero-order valence-corrected chi connectivity index (χ0v) is 22.7. The SMILES string of the molecule is c1cc(C2=c3ccccc3=C(c3ccc4ccccc4c3)c3ccccc3C2)cc(-c2cccc3ccccc23)c1. The summed E-state index contributed by atoms with van der Waals surface area (Å²) in [7, 11) is 0. The Bertz CT molecular complexity index is 2230. The van der Waals surface area contributed by atoms with E-state index in [4.69, 9.17) is 0 Å². The molecule has 0 aliphatic heterocycles. The molecule has 0 amide bonds. The number of hydrogen-bond donors (Lipinski definition) is 0. The smallest absolute Gasteiger partial charge is 0.000749 e. The molecule has 0 heterocycles. The van der Waals surface area contributed by atoms with Gasteiger partial charge in [-0.1, -0.05) is 146 Å². The van der Waals surface area contributed by atoms with Crippen LogP contribution in [0.15, 0.2) is 158 Å². The molecule has 1 aliphatic carbocycles. The lowest BCUT2D eigenvalue weighted by molar-refractivity contribution is 1.25. The van der Waals surface area contributed by atoms with Crippen LogP contribution in [0.25, 0.3) is 43.8 Å². The van der Waals surface area contributed by atoms with Crippen molar-refractivity contribution in [3.63, 3.8) is 0 Å².